The summed E-state index contributed by atoms with van der Waals surface area (Å²) in [6, 6.07) is 7.67. The van der Waals surface area contributed by atoms with Gasteiger partial charge < -0.3 is 5.32 Å². The molecule has 2 rings (SSSR count). The van der Waals surface area contributed by atoms with E-state index in [0.717, 1.165) is 31.6 Å². The van der Waals surface area contributed by atoms with Crippen molar-refractivity contribution >= 4 is 15.9 Å². The van der Waals surface area contributed by atoms with Crippen molar-refractivity contribution in [2.45, 2.75) is 59.2 Å². The van der Waals surface area contributed by atoms with Crippen LogP contribution < -0.4 is 5.32 Å². The minimum Gasteiger partial charge on any atom is -0.351 e. The predicted octanol–water partition coefficient (Wildman–Crippen LogP) is 2.35. The number of hydrogen-bond donors (Lipinski definition) is 1. The number of rotatable bonds is 10. The Bertz CT molecular complexity index is 700. The summed E-state index contributed by atoms with van der Waals surface area (Å²) in [6.45, 7) is 9.97. The second-order valence-corrected chi connectivity index (χ2v) is 9.12. The van der Waals surface area contributed by atoms with Gasteiger partial charge >= 0.3 is 0 Å². The molecule has 1 atom stereocenters. The van der Waals surface area contributed by atoms with E-state index < -0.39 is 16.1 Å². The SMILES string of the molecule is CCCS(=O)(=O)N1CCCC1C(=O)NCc1ccc(CN(CC)CC)cc1. The third kappa shape index (κ3) is 6.02. The van der Waals surface area contributed by atoms with E-state index in [-0.39, 0.29) is 11.7 Å². The van der Waals surface area contributed by atoms with E-state index in [9.17, 15) is 13.2 Å². The van der Waals surface area contributed by atoms with Gasteiger partial charge in [0, 0.05) is 19.6 Å². The van der Waals surface area contributed by atoms with Crippen LogP contribution >= 0.6 is 0 Å². The molecule has 27 heavy (non-hydrogen) atoms. The lowest BCUT2D eigenvalue weighted by molar-refractivity contribution is -0.124. The van der Waals surface area contributed by atoms with Crippen LogP contribution in [0.5, 0.6) is 0 Å². The van der Waals surface area contributed by atoms with Gasteiger partial charge in [-0.05, 0) is 43.5 Å². The molecule has 0 bridgehead atoms. The van der Waals surface area contributed by atoms with Crippen molar-refractivity contribution < 1.29 is 13.2 Å². The van der Waals surface area contributed by atoms with Gasteiger partial charge in [-0.15, -0.1) is 0 Å². The summed E-state index contributed by atoms with van der Waals surface area (Å²) in [5.41, 5.74) is 2.27. The molecule has 7 heteroatoms. The van der Waals surface area contributed by atoms with Crippen LogP contribution in [0.3, 0.4) is 0 Å². The first-order valence-electron chi connectivity index (χ1n) is 9.98. The number of nitrogens with one attached hydrogen (secondary N) is 1. The van der Waals surface area contributed by atoms with E-state index in [4.69, 9.17) is 0 Å². The minimum absolute atomic E-state index is 0.102. The fraction of sp³-hybridized carbons (Fsp3) is 0.650. The van der Waals surface area contributed by atoms with E-state index in [1.807, 2.05) is 19.1 Å². The van der Waals surface area contributed by atoms with Crippen molar-refractivity contribution in [3.63, 3.8) is 0 Å². The van der Waals surface area contributed by atoms with Crippen molar-refractivity contribution in [1.29, 1.82) is 0 Å². The molecule has 6 nitrogen and oxygen atoms in total. The normalized spacial score (nSPS) is 18.1. The highest BCUT2D eigenvalue weighted by molar-refractivity contribution is 7.89. The zero-order valence-electron chi connectivity index (χ0n) is 16.8. The van der Waals surface area contributed by atoms with Crippen molar-refractivity contribution in [3.8, 4) is 0 Å². The average Bonchev–Trinajstić information content (AvgIpc) is 3.16. The zero-order chi connectivity index (χ0) is 19.9. The van der Waals surface area contributed by atoms with Gasteiger partial charge in [-0.1, -0.05) is 45.0 Å². The van der Waals surface area contributed by atoms with Gasteiger partial charge in [0.05, 0.1) is 5.75 Å². The van der Waals surface area contributed by atoms with Crippen LogP contribution in [0.25, 0.3) is 0 Å². The fourth-order valence-electron chi connectivity index (χ4n) is 3.49. The molecule has 1 fully saturated rings. The highest BCUT2D eigenvalue weighted by Gasteiger charge is 2.37. The average molecular weight is 396 g/mol. The first-order valence-corrected chi connectivity index (χ1v) is 11.6. The maximum absolute atomic E-state index is 12.5. The molecule has 1 aromatic rings. The lowest BCUT2D eigenvalue weighted by atomic mass is 10.1. The summed E-state index contributed by atoms with van der Waals surface area (Å²) < 4.78 is 26.1. The smallest absolute Gasteiger partial charge is 0.238 e. The second kappa shape index (κ2) is 10.2. The van der Waals surface area contributed by atoms with E-state index in [1.54, 1.807) is 0 Å². The van der Waals surface area contributed by atoms with E-state index in [1.165, 1.54) is 9.87 Å². The quantitative estimate of drug-likeness (QED) is 0.660. The Morgan fingerprint density at radius 3 is 2.37 bits per heavy atom. The molecular weight excluding hydrogens is 362 g/mol. The largest absolute Gasteiger partial charge is 0.351 e. The fourth-order valence-corrected chi connectivity index (χ4v) is 5.23. The van der Waals surface area contributed by atoms with Gasteiger partial charge in [0.15, 0.2) is 0 Å². The number of hydrogen-bond acceptors (Lipinski definition) is 4. The summed E-state index contributed by atoms with van der Waals surface area (Å²) in [6.07, 6.45) is 1.89. The maximum Gasteiger partial charge on any atom is 0.238 e. The Balaban J connectivity index is 1.91. The van der Waals surface area contributed by atoms with E-state index >= 15 is 0 Å². The molecule has 1 aromatic carbocycles. The Labute approximate surface area is 164 Å². The maximum atomic E-state index is 12.5. The van der Waals surface area contributed by atoms with Crippen LogP contribution in [-0.2, 0) is 27.9 Å². The Kier molecular flexibility index (Phi) is 8.26. The molecule has 1 aliphatic heterocycles. The van der Waals surface area contributed by atoms with Gasteiger partial charge in [0.1, 0.15) is 6.04 Å². The van der Waals surface area contributed by atoms with Gasteiger partial charge in [-0.3, -0.25) is 9.69 Å². The summed E-state index contributed by atoms with van der Waals surface area (Å²) in [7, 11) is -3.34. The predicted molar refractivity (Wildman–Crippen MR) is 109 cm³/mol. The van der Waals surface area contributed by atoms with Crippen LogP contribution in [0.15, 0.2) is 24.3 Å². The monoisotopic (exact) mass is 395 g/mol. The van der Waals surface area contributed by atoms with Crippen molar-refractivity contribution in [2.75, 3.05) is 25.4 Å². The van der Waals surface area contributed by atoms with Crippen molar-refractivity contribution in [2.24, 2.45) is 0 Å². The number of carbonyl (C=O) groups excluding carboxylic acids is 1. The number of nitrogens with zero attached hydrogens (tertiary/aromatic N) is 2. The molecule has 0 aromatic heterocycles. The molecule has 1 N–H and O–H groups in total. The topological polar surface area (TPSA) is 69.7 Å². The molecule has 0 spiro atoms. The van der Waals surface area contributed by atoms with Crippen molar-refractivity contribution in [1.82, 2.24) is 14.5 Å². The van der Waals surface area contributed by atoms with Gasteiger partial charge in [-0.2, -0.15) is 4.31 Å². The van der Waals surface area contributed by atoms with Crippen LogP contribution in [-0.4, -0.2) is 55.0 Å². The molecule has 1 heterocycles. The molecule has 1 aliphatic rings. The molecule has 0 radical (unpaired) electrons. The molecule has 152 valence electrons. The first-order chi connectivity index (χ1) is 12.9. The van der Waals surface area contributed by atoms with Gasteiger partial charge in [0.25, 0.3) is 0 Å². The Morgan fingerprint density at radius 1 is 1.15 bits per heavy atom. The van der Waals surface area contributed by atoms with Crippen LogP contribution in [0.1, 0.15) is 51.2 Å². The summed E-state index contributed by atoms with van der Waals surface area (Å²) in [4.78, 5) is 14.9. The number of benzene rings is 1. The Morgan fingerprint density at radius 2 is 1.78 bits per heavy atom. The molecule has 0 aliphatic carbocycles. The van der Waals surface area contributed by atoms with Crippen LogP contribution in [0, 0.1) is 0 Å². The molecular formula is C20H33N3O3S. The van der Waals surface area contributed by atoms with Crippen LogP contribution in [0.4, 0.5) is 0 Å². The minimum atomic E-state index is -3.34. The van der Waals surface area contributed by atoms with Crippen LogP contribution in [0.2, 0.25) is 0 Å². The third-order valence-corrected chi connectivity index (χ3v) is 7.19. The lowest BCUT2D eigenvalue weighted by Crippen LogP contribution is -2.46. The highest BCUT2D eigenvalue weighted by Crippen LogP contribution is 2.22. The molecule has 1 saturated heterocycles. The van der Waals surface area contributed by atoms with Gasteiger partial charge in [-0.25, -0.2) is 8.42 Å². The van der Waals surface area contributed by atoms with E-state index in [2.05, 4.69) is 36.2 Å². The van der Waals surface area contributed by atoms with Crippen molar-refractivity contribution in [3.05, 3.63) is 35.4 Å². The number of amides is 1. The summed E-state index contributed by atoms with van der Waals surface area (Å²) in [5, 5.41) is 2.91. The third-order valence-electron chi connectivity index (χ3n) is 5.12. The molecule has 1 unspecified atom stereocenters. The molecule has 1 amide bonds. The van der Waals surface area contributed by atoms with Gasteiger partial charge in [0.2, 0.25) is 15.9 Å². The first kappa shape index (κ1) is 21.9. The second-order valence-electron chi connectivity index (χ2n) is 7.08. The summed E-state index contributed by atoms with van der Waals surface area (Å²) >= 11 is 0. The lowest BCUT2D eigenvalue weighted by Gasteiger charge is -2.23. The van der Waals surface area contributed by atoms with E-state index in [0.29, 0.717) is 25.9 Å². The number of sulfonamides is 1. The highest BCUT2D eigenvalue weighted by atomic mass is 32.2. The Hall–Kier alpha value is -1.44. The molecule has 0 saturated carbocycles. The zero-order valence-corrected chi connectivity index (χ0v) is 17.6. The summed E-state index contributed by atoms with van der Waals surface area (Å²) in [5.74, 6) is -0.0930. The number of carbonyl (C=O) groups is 1. The standard InChI is InChI=1S/C20H33N3O3S/c1-4-14-27(25,26)23-13-7-8-19(23)20(24)21-15-17-9-11-18(12-10-17)16-22(5-2)6-3/h9-12,19H,4-8,13-16H2,1-3H3,(H,21,24).